The lowest BCUT2D eigenvalue weighted by Crippen LogP contribution is -2.70. The van der Waals surface area contributed by atoms with E-state index in [4.69, 9.17) is 0 Å². The number of tetrazole rings is 1. The minimum Gasteiger partial charge on any atom is -0.396 e. The number of nitrogens with zero attached hydrogens (tertiary/aromatic N) is 6. The van der Waals surface area contributed by atoms with Crippen molar-refractivity contribution in [1.29, 1.82) is 0 Å². The maximum atomic E-state index is 4.32. The van der Waals surface area contributed by atoms with Crippen LogP contribution in [0.5, 0.6) is 0 Å². The molecule has 0 amide bonds. The third-order valence-corrected chi connectivity index (χ3v) is 5.84. The van der Waals surface area contributed by atoms with Crippen molar-refractivity contribution in [3.8, 4) is 0 Å². The van der Waals surface area contributed by atoms with Crippen LogP contribution in [0.25, 0.3) is 0 Å². The molecule has 1 fully saturated rings. The Labute approximate surface area is 138 Å². The Balaban J connectivity index is 1.89. The summed E-state index contributed by atoms with van der Waals surface area (Å²) in [4.78, 5) is 4.93. The molecule has 3 heterocycles. The fourth-order valence-corrected chi connectivity index (χ4v) is 4.26. The molecule has 0 aliphatic carbocycles. The van der Waals surface area contributed by atoms with Crippen molar-refractivity contribution in [2.24, 2.45) is 0 Å². The fraction of sp³-hybridized carbons (Fsp3) is 0.533. The highest BCUT2D eigenvalue weighted by atomic mass is 15.7. The smallest absolute Gasteiger partial charge is 0.255 e. The zero-order chi connectivity index (χ0) is 16.4. The van der Waals surface area contributed by atoms with Crippen LogP contribution in [0.4, 0.5) is 11.6 Å². The first kappa shape index (κ1) is 14.6. The minimum atomic E-state index is -0.197. The van der Waals surface area contributed by atoms with Crippen LogP contribution in [0.3, 0.4) is 0 Å². The van der Waals surface area contributed by atoms with Gasteiger partial charge in [0.05, 0.1) is 5.54 Å². The number of rotatable bonds is 1. The van der Waals surface area contributed by atoms with Gasteiger partial charge in [0, 0.05) is 5.69 Å². The third kappa shape index (κ3) is 1.80. The van der Waals surface area contributed by atoms with Crippen LogP contribution in [0.2, 0.25) is 19.4 Å². The zero-order valence-electron chi connectivity index (χ0n) is 14.4. The van der Waals surface area contributed by atoms with Gasteiger partial charge in [0.25, 0.3) is 13.7 Å². The Kier molecular flexibility index (Phi) is 3.02. The van der Waals surface area contributed by atoms with Crippen molar-refractivity contribution in [1.82, 2.24) is 20.2 Å². The maximum absolute atomic E-state index is 4.32. The molecule has 1 aromatic carbocycles. The minimum absolute atomic E-state index is 0.184. The maximum Gasteiger partial charge on any atom is 0.255 e. The van der Waals surface area contributed by atoms with E-state index in [2.05, 4.69) is 89.9 Å². The average molecular weight is 308 g/mol. The standard InChI is InChI=1S/C15H22B2N6/c1-11-16(4)21(12-9-7-6-8-10-12)13-15(2,3)23-14(18-19-20-23)22(13)17(11)5/h6-11,13H,1-5H3. The quantitative estimate of drug-likeness (QED) is 0.756. The highest BCUT2D eigenvalue weighted by molar-refractivity contribution is 6.84. The molecule has 2 aromatic rings. The summed E-state index contributed by atoms with van der Waals surface area (Å²) in [5.74, 6) is 0.882. The Hall–Kier alpha value is -1.98. The molecule has 8 heteroatoms. The second-order valence-electron chi connectivity index (χ2n) is 7.41. The van der Waals surface area contributed by atoms with Crippen molar-refractivity contribution in [2.45, 2.75) is 51.8 Å². The van der Waals surface area contributed by atoms with Gasteiger partial charge in [0.1, 0.15) is 6.17 Å². The summed E-state index contributed by atoms with van der Waals surface area (Å²) >= 11 is 0. The Morgan fingerprint density at radius 3 is 2.39 bits per heavy atom. The van der Waals surface area contributed by atoms with Crippen LogP contribution < -0.4 is 9.62 Å². The van der Waals surface area contributed by atoms with Gasteiger partial charge < -0.3 is 9.62 Å². The van der Waals surface area contributed by atoms with Crippen LogP contribution in [0.15, 0.2) is 30.3 Å². The molecule has 6 nitrogen and oxygen atoms in total. The van der Waals surface area contributed by atoms with Crippen molar-refractivity contribution in [2.75, 3.05) is 9.62 Å². The summed E-state index contributed by atoms with van der Waals surface area (Å²) in [5.41, 5.74) is 1.56. The molecule has 23 heavy (non-hydrogen) atoms. The van der Waals surface area contributed by atoms with E-state index in [1.54, 1.807) is 0 Å². The lowest BCUT2D eigenvalue weighted by molar-refractivity contribution is 0.297. The van der Waals surface area contributed by atoms with Crippen molar-refractivity contribution >= 4 is 25.3 Å². The summed E-state index contributed by atoms with van der Waals surface area (Å²) in [5, 5.41) is 12.5. The number of fused-ring (bicyclic) bond motifs is 3. The molecule has 1 saturated heterocycles. The number of anilines is 2. The van der Waals surface area contributed by atoms with Crippen LogP contribution in [0.1, 0.15) is 20.8 Å². The largest absolute Gasteiger partial charge is 0.396 e. The summed E-state index contributed by atoms with van der Waals surface area (Å²) in [6, 6.07) is 10.7. The predicted octanol–water partition coefficient (Wildman–Crippen LogP) is 2.25. The fourth-order valence-electron chi connectivity index (χ4n) is 4.26. The van der Waals surface area contributed by atoms with Crippen LogP contribution in [-0.2, 0) is 5.54 Å². The van der Waals surface area contributed by atoms with Gasteiger partial charge >= 0.3 is 0 Å². The molecule has 0 radical (unpaired) electrons. The van der Waals surface area contributed by atoms with E-state index in [0.29, 0.717) is 19.4 Å². The van der Waals surface area contributed by atoms with E-state index in [0.717, 1.165) is 5.95 Å². The Morgan fingerprint density at radius 1 is 1.04 bits per heavy atom. The molecular weight excluding hydrogens is 286 g/mol. The Bertz CT molecular complexity index is 718. The molecule has 0 N–H and O–H groups in total. The first-order valence-electron chi connectivity index (χ1n) is 8.35. The first-order valence-corrected chi connectivity index (χ1v) is 8.35. The van der Waals surface area contributed by atoms with Crippen LogP contribution >= 0.6 is 0 Å². The van der Waals surface area contributed by atoms with Gasteiger partial charge in [-0.05, 0) is 42.1 Å². The lowest BCUT2D eigenvalue weighted by atomic mass is 9.30. The van der Waals surface area contributed by atoms with E-state index in [1.807, 2.05) is 4.68 Å². The van der Waals surface area contributed by atoms with E-state index >= 15 is 0 Å². The summed E-state index contributed by atoms with van der Waals surface area (Å²) in [6.45, 7) is 12.2. The molecule has 2 aliphatic rings. The predicted molar refractivity (Wildman–Crippen MR) is 95.0 cm³/mol. The number of hydrogen-bond donors (Lipinski definition) is 0. The molecular formula is C15H22B2N6. The topological polar surface area (TPSA) is 50.1 Å². The first-order chi connectivity index (χ1) is 10.9. The zero-order valence-corrected chi connectivity index (χ0v) is 14.4. The normalized spacial score (nSPS) is 25.6. The molecule has 2 unspecified atom stereocenters. The number of para-hydroxylation sites is 1. The number of aromatic nitrogens is 4. The van der Waals surface area contributed by atoms with Gasteiger partial charge in [0.15, 0.2) is 0 Å². The van der Waals surface area contributed by atoms with Gasteiger partial charge in [-0.1, -0.05) is 43.9 Å². The van der Waals surface area contributed by atoms with E-state index < -0.39 is 0 Å². The van der Waals surface area contributed by atoms with Gasteiger partial charge in [-0.2, -0.15) is 0 Å². The molecule has 2 aliphatic heterocycles. The monoisotopic (exact) mass is 308 g/mol. The Morgan fingerprint density at radius 2 is 1.70 bits per heavy atom. The number of benzene rings is 1. The molecule has 2 atom stereocenters. The molecule has 118 valence electrons. The van der Waals surface area contributed by atoms with E-state index in [9.17, 15) is 0 Å². The van der Waals surface area contributed by atoms with Gasteiger partial charge in [-0.15, -0.1) is 0 Å². The van der Waals surface area contributed by atoms with Crippen LogP contribution in [0, 0.1) is 0 Å². The second-order valence-corrected chi connectivity index (χ2v) is 7.41. The molecule has 0 saturated carbocycles. The van der Waals surface area contributed by atoms with Gasteiger partial charge in [0.2, 0.25) is 5.95 Å². The SMILES string of the molecule is CB1C(C)B(C)N2c3nnnn3C(C)(C)C2N1c1ccccc1. The van der Waals surface area contributed by atoms with Crippen molar-refractivity contribution in [3.05, 3.63) is 30.3 Å². The molecule has 1 aromatic heterocycles. The highest BCUT2D eigenvalue weighted by Gasteiger charge is 2.58. The number of hydrogen-bond acceptors (Lipinski definition) is 5. The van der Waals surface area contributed by atoms with Crippen molar-refractivity contribution < 1.29 is 0 Å². The highest BCUT2D eigenvalue weighted by Crippen LogP contribution is 2.46. The van der Waals surface area contributed by atoms with E-state index in [1.165, 1.54) is 5.69 Å². The second kappa shape index (κ2) is 4.76. The molecule has 4 rings (SSSR count). The summed E-state index contributed by atoms with van der Waals surface area (Å²) in [7, 11) is 0. The van der Waals surface area contributed by atoms with Crippen molar-refractivity contribution in [3.63, 3.8) is 0 Å². The molecule has 0 spiro atoms. The van der Waals surface area contributed by atoms with E-state index in [-0.39, 0.29) is 11.7 Å². The molecule has 0 bridgehead atoms. The van der Waals surface area contributed by atoms with Gasteiger partial charge in [-0.25, -0.2) is 4.68 Å². The average Bonchev–Trinajstić information content (AvgIpc) is 3.09. The third-order valence-electron chi connectivity index (χ3n) is 5.84. The lowest BCUT2D eigenvalue weighted by Gasteiger charge is -2.53. The summed E-state index contributed by atoms with van der Waals surface area (Å²) in [6.07, 6.45) is 0.184. The van der Waals surface area contributed by atoms with Gasteiger partial charge in [-0.3, -0.25) is 0 Å². The van der Waals surface area contributed by atoms with Crippen LogP contribution in [-0.4, -0.2) is 40.1 Å². The summed E-state index contributed by atoms with van der Waals surface area (Å²) < 4.78 is 1.98.